The van der Waals surface area contributed by atoms with E-state index < -0.39 is 0 Å². The molecular formula is C20H17ClN2O3. The molecule has 1 N–H and O–H groups in total. The monoisotopic (exact) mass is 368 g/mol. The number of amides is 1. The first-order valence-electron chi connectivity index (χ1n) is 7.94. The Kier molecular flexibility index (Phi) is 5.71. The third kappa shape index (κ3) is 4.32. The molecule has 0 aliphatic rings. The number of methoxy groups -OCH3 is 1. The molecule has 6 heteroatoms. The van der Waals surface area contributed by atoms with Crippen molar-refractivity contribution >= 4 is 23.3 Å². The van der Waals surface area contributed by atoms with E-state index in [4.69, 9.17) is 21.1 Å². The Morgan fingerprint density at radius 2 is 1.88 bits per heavy atom. The average molecular weight is 369 g/mol. The lowest BCUT2D eigenvalue weighted by atomic mass is 10.2. The van der Waals surface area contributed by atoms with E-state index in [9.17, 15) is 4.79 Å². The summed E-state index contributed by atoms with van der Waals surface area (Å²) in [6.07, 6.45) is 1.61. The summed E-state index contributed by atoms with van der Waals surface area (Å²) in [6.45, 7) is 0.301. The Hall–Kier alpha value is -3.05. The molecule has 1 heterocycles. The average Bonchev–Trinajstić information content (AvgIpc) is 2.68. The van der Waals surface area contributed by atoms with Crippen LogP contribution in [0.3, 0.4) is 0 Å². The van der Waals surface area contributed by atoms with Crippen LogP contribution < -0.4 is 14.8 Å². The predicted octanol–water partition coefficient (Wildman–Crippen LogP) is 4.57. The Labute approximate surface area is 156 Å². The van der Waals surface area contributed by atoms with Crippen LogP contribution >= 0.6 is 11.6 Å². The molecule has 0 fully saturated rings. The van der Waals surface area contributed by atoms with E-state index in [2.05, 4.69) is 10.3 Å². The fourth-order valence-electron chi connectivity index (χ4n) is 2.32. The van der Waals surface area contributed by atoms with E-state index in [1.165, 1.54) is 7.11 Å². The van der Waals surface area contributed by atoms with E-state index in [0.717, 1.165) is 5.56 Å². The van der Waals surface area contributed by atoms with Gasteiger partial charge in [0.05, 0.1) is 7.11 Å². The molecule has 0 saturated carbocycles. The van der Waals surface area contributed by atoms with Gasteiger partial charge in [-0.1, -0.05) is 35.9 Å². The second kappa shape index (κ2) is 8.36. The zero-order valence-electron chi connectivity index (χ0n) is 14.1. The van der Waals surface area contributed by atoms with Crippen molar-refractivity contribution in [2.45, 2.75) is 6.61 Å². The van der Waals surface area contributed by atoms with E-state index in [1.807, 2.05) is 24.3 Å². The van der Waals surface area contributed by atoms with Gasteiger partial charge in [-0.2, -0.15) is 0 Å². The number of ether oxygens (including phenoxy) is 2. The second-order valence-corrected chi connectivity index (χ2v) is 5.82. The molecule has 0 spiro atoms. The van der Waals surface area contributed by atoms with Crippen LogP contribution in [0.5, 0.6) is 11.5 Å². The minimum Gasteiger partial charge on any atom is -0.493 e. The van der Waals surface area contributed by atoms with E-state index in [1.54, 1.807) is 42.6 Å². The Morgan fingerprint density at radius 1 is 1.08 bits per heavy atom. The number of anilines is 1. The number of carbonyl (C=O) groups excluding carboxylic acids is 1. The molecule has 5 nitrogen and oxygen atoms in total. The third-order valence-electron chi connectivity index (χ3n) is 3.67. The quantitative estimate of drug-likeness (QED) is 0.692. The van der Waals surface area contributed by atoms with Crippen molar-refractivity contribution < 1.29 is 14.3 Å². The van der Waals surface area contributed by atoms with Crippen molar-refractivity contribution in [3.8, 4) is 11.5 Å². The number of benzene rings is 2. The van der Waals surface area contributed by atoms with Crippen molar-refractivity contribution in [3.63, 3.8) is 0 Å². The normalized spacial score (nSPS) is 10.2. The lowest BCUT2D eigenvalue weighted by Crippen LogP contribution is -2.13. The SMILES string of the molecule is COc1cc(C(=O)Nc2ccccn2)ccc1OCc1ccccc1Cl. The topological polar surface area (TPSA) is 60.5 Å². The number of carbonyl (C=O) groups is 1. The summed E-state index contributed by atoms with van der Waals surface area (Å²) in [5.41, 5.74) is 1.31. The number of nitrogens with zero attached hydrogens (tertiary/aromatic N) is 1. The Bertz CT molecular complexity index is 901. The van der Waals surface area contributed by atoms with Crippen LogP contribution in [0.2, 0.25) is 5.02 Å². The first-order valence-corrected chi connectivity index (χ1v) is 8.32. The summed E-state index contributed by atoms with van der Waals surface area (Å²) in [4.78, 5) is 16.4. The smallest absolute Gasteiger partial charge is 0.256 e. The molecule has 0 radical (unpaired) electrons. The number of pyridine rings is 1. The van der Waals surface area contributed by atoms with Crippen molar-refractivity contribution in [1.82, 2.24) is 4.98 Å². The number of nitrogens with one attached hydrogen (secondary N) is 1. The molecule has 0 saturated heterocycles. The van der Waals surface area contributed by atoms with Crippen LogP contribution in [-0.2, 0) is 6.61 Å². The molecule has 0 atom stereocenters. The van der Waals surface area contributed by atoms with Crippen molar-refractivity contribution in [2.24, 2.45) is 0 Å². The van der Waals surface area contributed by atoms with Crippen LogP contribution in [0, 0.1) is 0 Å². The zero-order valence-corrected chi connectivity index (χ0v) is 14.9. The van der Waals surface area contributed by atoms with Gasteiger partial charge in [-0.25, -0.2) is 4.98 Å². The van der Waals surface area contributed by atoms with Gasteiger partial charge in [0, 0.05) is 22.3 Å². The number of hydrogen-bond donors (Lipinski definition) is 1. The summed E-state index contributed by atoms with van der Waals surface area (Å²) in [5.74, 6) is 1.20. The van der Waals surface area contributed by atoms with Gasteiger partial charge < -0.3 is 14.8 Å². The minimum absolute atomic E-state index is 0.278. The molecule has 3 rings (SSSR count). The van der Waals surface area contributed by atoms with Crippen LogP contribution in [0.25, 0.3) is 0 Å². The largest absolute Gasteiger partial charge is 0.493 e. The maximum atomic E-state index is 12.4. The van der Waals surface area contributed by atoms with Gasteiger partial charge >= 0.3 is 0 Å². The molecule has 0 unspecified atom stereocenters. The number of rotatable bonds is 6. The Balaban J connectivity index is 1.73. The van der Waals surface area contributed by atoms with Gasteiger partial charge in [0.15, 0.2) is 11.5 Å². The lowest BCUT2D eigenvalue weighted by molar-refractivity contribution is 0.102. The highest BCUT2D eigenvalue weighted by Gasteiger charge is 2.12. The highest BCUT2D eigenvalue weighted by molar-refractivity contribution is 6.31. The maximum absolute atomic E-state index is 12.4. The van der Waals surface area contributed by atoms with Crippen molar-refractivity contribution in [1.29, 1.82) is 0 Å². The molecule has 0 bridgehead atoms. The number of aromatic nitrogens is 1. The third-order valence-corrected chi connectivity index (χ3v) is 4.04. The van der Waals surface area contributed by atoms with E-state index in [-0.39, 0.29) is 5.91 Å². The molecule has 1 aromatic heterocycles. The second-order valence-electron chi connectivity index (χ2n) is 5.41. The van der Waals surface area contributed by atoms with Crippen molar-refractivity contribution in [3.05, 3.63) is 83.0 Å². The van der Waals surface area contributed by atoms with Crippen LogP contribution in [-0.4, -0.2) is 18.0 Å². The maximum Gasteiger partial charge on any atom is 0.256 e. The van der Waals surface area contributed by atoms with Gasteiger partial charge in [0.2, 0.25) is 0 Å². The van der Waals surface area contributed by atoms with Crippen molar-refractivity contribution in [2.75, 3.05) is 12.4 Å². The fourth-order valence-corrected chi connectivity index (χ4v) is 2.51. The van der Waals surface area contributed by atoms with Crippen LogP contribution in [0.15, 0.2) is 66.9 Å². The highest BCUT2D eigenvalue weighted by atomic mass is 35.5. The minimum atomic E-state index is -0.278. The van der Waals surface area contributed by atoms with Crippen LogP contribution in [0.1, 0.15) is 15.9 Å². The lowest BCUT2D eigenvalue weighted by Gasteiger charge is -2.13. The molecule has 3 aromatic rings. The van der Waals surface area contributed by atoms with E-state index >= 15 is 0 Å². The number of hydrogen-bond acceptors (Lipinski definition) is 4. The molecular weight excluding hydrogens is 352 g/mol. The van der Waals surface area contributed by atoms with Crippen LogP contribution in [0.4, 0.5) is 5.82 Å². The van der Waals surface area contributed by atoms with E-state index in [0.29, 0.717) is 34.5 Å². The zero-order chi connectivity index (χ0) is 18.4. The Morgan fingerprint density at radius 3 is 2.62 bits per heavy atom. The van der Waals surface area contributed by atoms with Gasteiger partial charge in [-0.3, -0.25) is 4.79 Å². The molecule has 26 heavy (non-hydrogen) atoms. The summed E-state index contributed by atoms with van der Waals surface area (Å²) in [7, 11) is 1.53. The predicted molar refractivity (Wildman–Crippen MR) is 101 cm³/mol. The van der Waals surface area contributed by atoms with Gasteiger partial charge in [0.25, 0.3) is 5.91 Å². The number of halogens is 1. The summed E-state index contributed by atoms with van der Waals surface area (Å²) in [5, 5.41) is 3.37. The van der Waals surface area contributed by atoms with Gasteiger partial charge in [-0.15, -0.1) is 0 Å². The molecule has 2 aromatic carbocycles. The standard InChI is InChI=1S/C20H17ClN2O3/c1-25-18-12-14(20(24)23-19-8-4-5-11-22-19)9-10-17(18)26-13-15-6-2-3-7-16(15)21/h2-12H,13H2,1H3,(H,22,23,24). The fraction of sp³-hybridized carbons (Fsp3) is 0.100. The first-order chi connectivity index (χ1) is 12.7. The summed E-state index contributed by atoms with van der Waals surface area (Å²) < 4.78 is 11.1. The van der Waals surface area contributed by atoms with Gasteiger partial charge in [0.1, 0.15) is 12.4 Å². The molecule has 0 aliphatic carbocycles. The highest BCUT2D eigenvalue weighted by Crippen LogP contribution is 2.29. The molecule has 0 aliphatic heterocycles. The molecule has 1 amide bonds. The van der Waals surface area contributed by atoms with Gasteiger partial charge in [-0.05, 0) is 36.4 Å². The molecule has 132 valence electrons. The summed E-state index contributed by atoms with van der Waals surface area (Å²) >= 11 is 6.14. The summed E-state index contributed by atoms with van der Waals surface area (Å²) in [6, 6.07) is 17.8. The first kappa shape index (κ1) is 17.8.